The van der Waals surface area contributed by atoms with Crippen LogP contribution in [0.15, 0.2) is 42.5 Å². The van der Waals surface area contributed by atoms with E-state index in [1.54, 1.807) is 37.3 Å². The number of hydrogen-bond donors (Lipinski definition) is 2. The van der Waals surface area contributed by atoms with Crippen molar-refractivity contribution in [3.63, 3.8) is 0 Å². The molecule has 2 aromatic carbocycles. The summed E-state index contributed by atoms with van der Waals surface area (Å²) in [7, 11) is 0. The molecule has 2 rings (SSSR count). The standard InChI is InChI=1S/C17H16ClNO4/c1-10-6-7-14(15(20)8-10)17(22)23-11(2)16(21)19-13-5-3-4-12(18)9-13/h3-9,11,20H,1-2H3,(H,19,21)/t11-/m0/s1. The third-order valence-corrected chi connectivity index (χ3v) is 3.35. The molecule has 1 amide bonds. The zero-order chi connectivity index (χ0) is 17.0. The molecule has 0 fully saturated rings. The van der Waals surface area contributed by atoms with Crippen LogP contribution in [-0.4, -0.2) is 23.1 Å². The van der Waals surface area contributed by atoms with Crippen molar-refractivity contribution in [2.45, 2.75) is 20.0 Å². The van der Waals surface area contributed by atoms with Crippen LogP contribution in [-0.2, 0) is 9.53 Å². The first kappa shape index (κ1) is 16.8. The first-order valence-corrected chi connectivity index (χ1v) is 7.31. The predicted octanol–water partition coefficient (Wildman–Crippen LogP) is 3.54. The number of phenols is 1. The molecule has 0 aliphatic heterocycles. The van der Waals surface area contributed by atoms with Gasteiger partial charge in [-0.25, -0.2) is 4.79 Å². The first-order chi connectivity index (χ1) is 10.9. The average Bonchev–Trinajstić information content (AvgIpc) is 2.46. The van der Waals surface area contributed by atoms with Gasteiger partial charge in [-0.15, -0.1) is 0 Å². The van der Waals surface area contributed by atoms with Gasteiger partial charge >= 0.3 is 5.97 Å². The third kappa shape index (κ3) is 4.47. The van der Waals surface area contributed by atoms with Crippen molar-refractivity contribution in [1.29, 1.82) is 0 Å². The molecule has 0 saturated heterocycles. The van der Waals surface area contributed by atoms with Crippen molar-refractivity contribution in [3.05, 3.63) is 58.6 Å². The number of benzene rings is 2. The number of hydrogen-bond acceptors (Lipinski definition) is 4. The number of anilines is 1. The minimum atomic E-state index is -1.03. The average molecular weight is 334 g/mol. The number of carbonyl (C=O) groups excluding carboxylic acids is 2. The van der Waals surface area contributed by atoms with Crippen molar-refractivity contribution in [2.75, 3.05) is 5.32 Å². The van der Waals surface area contributed by atoms with Gasteiger partial charge in [-0.05, 0) is 49.7 Å². The first-order valence-electron chi connectivity index (χ1n) is 6.94. The molecule has 6 heteroatoms. The zero-order valence-electron chi connectivity index (χ0n) is 12.7. The summed E-state index contributed by atoms with van der Waals surface area (Å²) < 4.78 is 5.08. The molecule has 0 bridgehead atoms. The van der Waals surface area contributed by atoms with Crippen molar-refractivity contribution >= 4 is 29.2 Å². The van der Waals surface area contributed by atoms with Crippen LogP contribution in [0.3, 0.4) is 0 Å². The van der Waals surface area contributed by atoms with Crippen LogP contribution in [0, 0.1) is 6.92 Å². The highest BCUT2D eigenvalue weighted by atomic mass is 35.5. The Labute approximate surface area is 138 Å². The van der Waals surface area contributed by atoms with E-state index in [1.807, 2.05) is 0 Å². The van der Waals surface area contributed by atoms with E-state index in [0.29, 0.717) is 10.7 Å². The van der Waals surface area contributed by atoms with Crippen LogP contribution in [0.2, 0.25) is 5.02 Å². The Morgan fingerprint density at radius 2 is 1.96 bits per heavy atom. The predicted molar refractivity (Wildman–Crippen MR) is 87.8 cm³/mol. The van der Waals surface area contributed by atoms with Gasteiger partial charge in [-0.1, -0.05) is 23.7 Å². The van der Waals surface area contributed by atoms with E-state index in [0.717, 1.165) is 5.56 Å². The number of halogens is 1. The summed E-state index contributed by atoms with van der Waals surface area (Å²) in [6.07, 6.45) is -1.03. The SMILES string of the molecule is Cc1ccc(C(=O)O[C@@H](C)C(=O)Nc2cccc(Cl)c2)c(O)c1. The Kier molecular flexibility index (Phi) is 5.24. The minimum Gasteiger partial charge on any atom is -0.507 e. The van der Waals surface area contributed by atoms with Crippen molar-refractivity contribution in [3.8, 4) is 5.75 Å². The summed E-state index contributed by atoms with van der Waals surface area (Å²) in [6.45, 7) is 3.24. The molecule has 0 aliphatic carbocycles. The van der Waals surface area contributed by atoms with E-state index in [-0.39, 0.29) is 11.3 Å². The van der Waals surface area contributed by atoms with Gasteiger partial charge in [0.1, 0.15) is 11.3 Å². The lowest BCUT2D eigenvalue weighted by atomic mass is 10.1. The highest BCUT2D eigenvalue weighted by molar-refractivity contribution is 6.30. The molecule has 0 heterocycles. The van der Waals surface area contributed by atoms with Gasteiger partial charge in [0.25, 0.3) is 5.91 Å². The van der Waals surface area contributed by atoms with Crippen molar-refractivity contribution in [1.82, 2.24) is 0 Å². The molecular weight excluding hydrogens is 318 g/mol. The molecule has 120 valence electrons. The lowest BCUT2D eigenvalue weighted by Crippen LogP contribution is -2.30. The molecule has 0 unspecified atom stereocenters. The molecule has 2 aromatic rings. The van der Waals surface area contributed by atoms with Crippen LogP contribution in [0.25, 0.3) is 0 Å². The maximum atomic E-state index is 12.0. The maximum Gasteiger partial charge on any atom is 0.342 e. The number of nitrogens with one attached hydrogen (secondary N) is 1. The van der Waals surface area contributed by atoms with Gasteiger partial charge in [0.05, 0.1) is 0 Å². The van der Waals surface area contributed by atoms with Crippen LogP contribution in [0.5, 0.6) is 5.75 Å². The van der Waals surface area contributed by atoms with Crippen LogP contribution >= 0.6 is 11.6 Å². The lowest BCUT2D eigenvalue weighted by molar-refractivity contribution is -0.123. The Morgan fingerprint density at radius 1 is 1.22 bits per heavy atom. The fourth-order valence-corrected chi connectivity index (χ4v) is 2.09. The highest BCUT2D eigenvalue weighted by Crippen LogP contribution is 2.20. The Morgan fingerprint density at radius 3 is 2.61 bits per heavy atom. The molecule has 23 heavy (non-hydrogen) atoms. The Hall–Kier alpha value is -2.53. The molecule has 0 aliphatic rings. The zero-order valence-corrected chi connectivity index (χ0v) is 13.4. The van der Waals surface area contributed by atoms with Crippen LogP contribution in [0.4, 0.5) is 5.69 Å². The number of phenolic OH excluding ortho intramolecular Hbond substituents is 1. The molecule has 5 nitrogen and oxygen atoms in total. The molecule has 2 N–H and O–H groups in total. The van der Waals surface area contributed by atoms with E-state index < -0.39 is 18.0 Å². The van der Waals surface area contributed by atoms with Crippen molar-refractivity contribution in [2.24, 2.45) is 0 Å². The summed E-state index contributed by atoms with van der Waals surface area (Å²) in [6, 6.07) is 11.2. The monoisotopic (exact) mass is 333 g/mol. The molecule has 0 aromatic heterocycles. The Balaban J connectivity index is 2.01. The van der Waals surface area contributed by atoms with Gasteiger partial charge in [-0.3, -0.25) is 4.79 Å². The second-order valence-corrected chi connectivity index (χ2v) is 5.50. The summed E-state index contributed by atoms with van der Waals surface area (Å²) in [5, 5.41) is 12.8. The lowest BCUT2D eigenvalue weighted by Gasteiger charge is -2.14. The van der Waals surface area contributed by atoms with E-state index >= 15 is 0 Å². The number of carbonyl (C=O) groups is 2. The number of aromatic hydroxyl groups is 1. The molecule has 0 spiro atoms. The molecule has 0 radical (unpaired) electrons. The number of esters is 1. The number of aryl methyl sites for hydroxylation is 1. The fourth-order valence-electron chi connectivity index (χ4n) is 1.90. The van der Waals surface area contributed by atoms with Crippen LogP contribution in [0.1, 0.15) is 22.8 Å². The number of rotatable bonds is 4. The van der Waals surface area contributed by atoms with Gasteiger partial charge in [0, 0.05) is 10.7 Å². The molecule has 1 atom stereocenters. The normalized spacial score (nSPS) is 11.6. The van der Waals surface area contributed by atoms with Crippen LogP contribution < -0.4 is 5.32 Å². The minimum absolute atomic E-state index is 0.0120. The molecule has 0 saturated carbocycles. The summed E-state index contributed by atoms with van der Waals surface area (Å²) >= 11 is 5.84. The summed E-state index contributed by atoms with van der Waals surface area (Å²) in [4.78, 5) is 24.1. The van der Waals surface area contributed by atoms with E-state index in [9.17, 15) is 14.7 Å². The Bertz CT molecular complexity index is 745. The quantitative estimate of drug-likeness (QED) is 0.839. The van der Waals surface area contributed by atoms with Gasteiger partial charge in [-0.2, -0.15) is 0 Å². The largest absolute Gasteiger partial charge is 0.507 e. The number of ether oxygens (including phenoxy) is 1. The van der Waals surface area contributed by atoms with E-state index in [4.69, 9.17) is 16.3 Å². The summed E-state index contributed by atoms with van der Waals surface area (Å²) in [5.74, 6) is -1.44. The molecular formula is C17H16ClNO4. The summed E-state index contributed by atoms with van der Waals surface area (Å²) in [5.41, 5.74) is 1.33. The second kappa shape index (κ2) is 7.15. The third-order valence-electron chi connectivity index (χ3n) is 3.12. The number of amides is 1. The van der Waals surface area contributed by atoms with Gasteiger partial charge < -0.3 is 15.2 Å². The highest BCUT2D eigenvalue weighted by Gasteiger charge is 2.21. The topological polar surface area (TPSA) is 75.6 Å². The van der Waals surface area contributed by atoms with Crippen molar-refractivity contribution < 1.29 is 19.4 Å². The van der Waals surface area contributed by atoms with E-state index in [1.165, 1.54) is 19.1 Å². The second-order valence-electron chi connectivity index (χ2n) is 5.07. The smallest absolute Gasteiger partial charge is 0.342 e. The fraction of sp³-hybridized carbons (Fsp3) is 0.176. The maximum absolute atomic E-state index is 12.0. The van der Waals surface area contributed by atoms with Gasteiger partial charge in [0.15, 0.2) is 6.10 Å². The van der Waals surface area contributed by atoms with Gasteiger partial charge in [0.2, 0.25) is 0 Å². The van der Waals surface area contributed by atoms with E-state index in [2.05, 4.69) is 5.32 Å².